The van der Waals surface area contributed by atoms with Crippen molar-refractivity contribution in [3.63, 3.8) is 0 Å². The topological polar surface area (TPSA) is 47.0 Å². The summed E-state index contributed by atoms with van der Waals surface area (Å²) in [6.07, 6.45) is 0. The maximum absolute atomic E-state index is 5.85. The molecular weight excluding hydrogens is 318 g/mol. The molecule has 0 aliphatic heterocycles. The Kier molecular flexibility index (Phi) is 4.28. The van der Waals surface area contributed by atoms with Gasteiger partial charge in [0.05, 0.1) is 4.47 Å². The van der Waals surface area contributed by atoms with E-state index in [-0.39, 0.29) is 5.41 Å². The largest absolute Gasteiger partial charge is 0.438 e. The molecule has 1 heterocycles. The molecule has 0 unspecified atom stereocenters. The van der Waals surface area contributed by atoms with Gasteiger partial charge in [0.1, 0.15) is 17.4 Å². The van der Waals surface area contributed by atoms with Crippen LogP contribution < -0.4 is 10.1 Å². The number of nitrogens with one attached hydrogen (secondary N) is 1. The first-order valence-corrected chi connectivity index (χ1v) is 7.19. The van der Waals surface area contributed by atoms with Crippen LogP contribution in [0, 0.1) is 0 Å². The Morgan fingerprint density at radius 2 is 1.85 bits per heavy atom. The van der Waals surface area contributed by atoms with Gasteiger partial charge >= 0.3 is 0 Å². The molecule has 4 nitrogen and oxygen atoms in total. The van der Waals surface area contributed by atoms with Crippen LogP contribution in [0.1, 0.15) is 26.6 Å². The van der Waals surface area contributed by atoms with Crippen LogP contribution in [0.3, 0.4) is 0 Å². The summed E-state index contributed by atoms with van der Waals surface area (Å²) in [6.45, 7) is 6.22. The molecule has 1 aromatic heterocycles. The number of aromatic nitrogens is 2. The van der Waals surface area contributed by atoms with Gasteiger partial charge < -0.3 is 10.1 Å². The summed E-state index contributed by atoms with van der Waals surface area (Å²) in [4.78, 5) is 8.97. The quantitative estimate of drug-likeness (QED) is 0.904. The number of benzene rings is 1. The van der Waals surface area contributed by atoms with E-state index in [0.29, 0.717) is 5.88 Å². The van der Waals surface area contributed by atoms with Crippen LogP contribution >= 0.6 is 15.9 Å². The summed E-state index contributed by atoms with van der Waals surface area (Å²) in [7, 11) is 1.83. The van der Waals surface area contributed by atoms with Crippen molar-refractivity contribution in [1.29, 1.82) is 0 Å². The summed E-state index contributed by atoms with van der Waals surface area (Å²) in [6, 6.07) is 9.47. The second-order valence-corrected chi connectivity index (χ2v) is 6.30. The van der Waals surface area contributed by atoms with E-state index >= 15 is 0 Å². The monoisotopic (exact) mass is 335 g/mol. The van der Waals surface area contributed by atoms with Gasteiger partial charge in [-0.2, -0.15) is 4.98 Å². The number of ether oxygens (including phenoxy) is 1. The second kappa shape index (κ2) is 5.79. The Morgan fingerprint density at radius 1 is 1.15 bits per heavy atom. The highest BCUT2D eigenvalue weighted by Gasteiger charge is 2.19. The van der Waals surface area contributed by atoms with Gasteiger partial charge in [-0.15, -0.1) is 0 Å². The van der Waals surface area contributed by atoms with Gasteiger partial charge in [-0.05, 0) is 28.1 Å². The zero-order chi connectivity index (χ0) is 14.8. The third kappa shape index (κ3) is 3.48. The lowest BCUT2D eigenvalue weighted by Crippen LogP contribution is -2.17. The van der Waals surface area contributed by atoms with Crippen LogP contribution in [0.25, 0.3) is 0 Å². The lowest BCUT2D eigenvalue weighted by Gasteiger charge is -2.18. The predicted molar refractivity (Wildman–Crippen MR) is 84.5 cm³/mol. The summed E-state index contributed by atoms with van der Waals surface area (Å²) in [5, 5.41) is 3.04. The molecule has 0 atom stereocenters. The molecule has 0 saturated heterocycles. The molecule has 1 aromatic carbocycles. The number of hydrogen-bond acceptors (Lipinski definition) is 4. The highest BCUT2D eigenvalue weighted by atomic mass is 79.9. The first kappa shape index (κ1) is 14.8. The summed E-state index contributed by atoms with van der Waals surface area (Å²) in [5.74, 6) is 2.74. The third-order valence-corrected chi connectivity index (χ3v) is 3.34. The van der Waals surface area contributed by atoms with Gasteiger partial charge in [0.25, 0.3) is 0 Å². The zero-order valence-corrected chi connectivity index (χ0v) is 13.7. The first-order chi connectivity index (χ1) is 9.40. The van der Waals surface area contributed by atoms with Crippen LogP contribution in [0.2, 0.25) is 0 Å². The fraction of sp³-hybridized carbons (Fsp3) is 0.333. The van der Waals surface area contributed by atoms with E-state index in [0.717, 1.165) is 21.9 Å². The summed E-state index contributed by atoms with van der Waals surface area (Å²) in [5.41, 5.74) is -0.140. The molecule has 0 fully saturated rings. The average molecular weight is 336 g/mol. The lowest BCUT2D eigenvalue weighted by molar-refractivity contribution is 0.444. The van der Waals surface area contributed by atoms with E-state index in [4.69, 9.17) is 4.74 Å². The van der Waals surface area contributed by atoms with Crippen molar-refractivity contribution in [2.45, 2.75) is 26.2 Å². The number of nitrogens with zero attached hydrogens (tertiary/aromatic N) is 2. The van der Waals surface area contributed by atoms with Crippen molar-refractivity contribution in [2.24, 2.45) is 0 Å². The summed E-state index contributed by atoms with van der Waals surface area (Å²) < 4.78 is 6.74. The number of anilines is 1. The van der Waals surface area contributed by atoms with Crippen LogP contribution in [0.5, 0.6) is 11.6 Å². The number of halogens is 1. The molecule has 0 bridgehead atoms. The summed E-state index contributed by atoms with van der Waals surface area (Å²) >= 11 is 3.46. The third-order valence-electron chi connectivity index (χ3n) is 2.68. The number of hydrogen-bond donors (Lipinski definition) is 1. The van der Waals surface area contributed by atoms with Crippen LogP contribution in [-0.4, -0.2) is 17.0 Å². The van der Waals surface area contributed by atoms with Crippen molar-refractivity contribution in [3.05, 3.63) is 40.6 Å². The van der Waals surface area contributed by atoms with Gasteiger partial charge in [0.15, 0.2) is 0 Å². The molecule has 0 radical (unpaired) electrons. The molecule has 0 aliphatic rings. The van der Waals surface area contributed by atoms with Crippen molar-refractivity contribution in [1.82, 2.24) is 9.97 Å². The highest BCUT2D eigenvalue weighted by molar-refractivity contribution is 9.10. The number of rotatable bonds is 3. The normalized spacial score (nSPS) is 11.2. The molecular formula is C15H18BrN3O. The van der Waals surface area contributed by atoms with Gasteiger partial charge in [-0.25, -0.2) is 4.98 Å². The van der Waals surface area contributed by atoms with Gasteiger partial charge in [-0.1, -0.05) is 32.9 Å². The molecule has 0 saturated carbocycles. The van der Waals surface area contributed by atoms with E-state index in [1.165, 1.54) is 0 Å². The molecule has 106 valence electrons. The van der Waals surface area contributed by atoms with Crippen LogP contribution in [0.4, 0.5) is 5.82 Å². The molecule has 20 heavy (non-hydrogen) atoms. The Hall–Kier alpha value is -1.62. The molecule has 1 N–H and O–H groups in total. The van der Waals surface area contributed by atoms with E-state index in [1.54, 1.807) is 6.07 Å². The van der Waals surface area contributed by atoms with Crippen LogP contribution in [0.15, 0.2) is 34.8 Å². The minimum atomic E-state index is -0.140. The van der Waals surface area contributed by atoms with Crippen molar-refractivity contribution >= 4 is 21.7 Å². The maximum Gasteiger partial charge on any atom is 0.224 e. The van der Waals surface area contributed by atoms with E-state index in [9.17, 15) is 0 Å². The van der Waals surface area contributed by atoms with E-state index in [1.807, 2.05) is 31.3 Å². The average Bonchev–Trinajstić information content (AvgIpc) is 2.40. The zero-order valence-electron chi connectivity index (χ0n) is 12.1. The minimum Gasteiger partial charge on any atom is -0.438 e. The Morgan fingerprint density at radius 3 is 2.45 bits per heavy atom. The van der Waals surface area contributed by atoms with E-state index < -0.39 is 0 Å². The van der Waals surface area contributed by atoms with Gasteiger partial charge in [0, 0.05) is 18.5 Å². The SMILES string of the molecule is CNc1cc(Oc2ccccc2Br)nc(C(C)(C)C)n1. The van der Waals surface area contributed by atoms with Gasteiger partial charge in [-0.3, -0.25) is 0 Å². The second-order valence-electron chi connectivity index (χ2n) is 5.45. The molecule has 0 aliphatic carbocycles. The van der Waals surface area contributed by atoms with Crippen molar-refractivity contribution < 1.29 is 4.74 Å². The minimum absolute atomic E-state index is 0.140. The van der Waals surface area contributed by atoms with Crippen molar-refractivity contribution in [2.75, 3.05) is 12.4 Å². The molecule has 5 heteroatoms. The Balaban J connectivity index is 2.39. The first-order valence-electron chi connectivity index (χ1n) is 6.40. The molecule has 2 rings (SSSR count). The number of para-hydroxylation sites is 1. The molecule has 0 spiro atoms. The maximum atomic E-state index is 5.85. The molecule has 0 amide bonds. The lowest BCUT2D eigenvalue weighted by atomic mass is 9.96. The fourth-order valence-corrected chi connectivity index (χ4v) is 1.95. The van der Waals surface area contributed by atoms with Gasteiger partial charge in [0.2, 0.25) is 5.88 Å². The van der Waals surface area contributed by atoms with Crippen molar-refractivity contribution in [3.8, 4) is 11.6 Å². The highest BCUT2D eigenvalue weighted by Crippen LogP contribution is 2.30. The fourth-order valence-electron chi connectivity index (χ4n) is 1.58. The molecule has 2 aromatic rings. The Labute approximate surface area is 127 Å². The van der Waals surface area contributed by atoms with E-state index in [2.05, 4.69) is 52.0 Å². The standard InChI is InChI=1S/C15H18BrN3O/c1-15(2,3)14-18-12(17-4)9-13(19-14)20-11-8-6-5-7-10(11)16/h5-9H,1-4H3,(H,17,18,19). The smallest absolute Gasteiger partial charge is 0.224 e. The Bertz CT molecular complexity index is 608. The predicted octanol–water partition coefficient (Wildman–Crippen LogP) is 4.37. The van der Waals surface area contributed by atoms with Crippen LogP contribution in [-0.2, 0) is 5.41 Å².